The van der Waals surface area contributed by atoms with Gasteiger partial charge in [0.25, 0.3) is 0 Å². The summed E-state index contributed by atoms with van der Waals surface area (Å²) in [6, 6.07) is 8.71. The fourth-order valence-corrected chi connectivity index (χ4v) is 0.428. The molecule has 1 aromatic carbocycles. The number of phenolic OH excluding ortho intramolecular Hbond substituents is 1. The van der Waals surface area contributed by atoms with Crippen LogP contribution in [0.1, 0.15) is 20.3 Å². The van der Waals surface area contributed by atoms with E-state index in [4.69, 9.17) is 5.11 Å². The summed E-state index contributed by atoms with van der Waals surface area (Å²) in [7, 11) is 0. The lowest BCUT2D eigenvalue weighted by molar-refractivity contribution is 0.475. The van der Waals surface area contributed by atoms with Crippen LogP contribution >= 0.6 is 0 Å². The number of hydrogen-bond donors (Lipinski definition) is 1. The third-order valence-corrected chi connectivity index (χ3v) is 0.756. The average Bonchev–Trinajstić information content (AvgIpc) is 1.91. The normalized spacial score (nSPS) is 7.80. The first kappa shape index (κ1) is 9.02. The van der Waals surface area contributed by atoms with Gasteiger partial charge in [-0.25, -0.2) is 0 Å². The zero-order valence-electron chi connectivity index (χ0n) is 6.54. The third kappa shape index (κ3) is 5.16. The van der Waals surface area contributed by atoms with E-state index >= 15 is 0 Å². The Kier molecular flexibility index (Phi) is 5.54. The van der Waals surface area contributed by atoms with Crippen LogP contribution in [0.2, 0.25) is 0 Å². The topological polar surface area (TPSA) is 20.2 Å². The van der Waals surface area contributed by atoms with Gasteiger partial charge >= 0.3 is 0 Å². The summed E-state index contributed by atoms with van der Waals surface area (Å²) in [5.74, 6) is 0.322. The molecule has 0 atom stereocenters. The Balaban J connectivity index is 0.000000236. The Hall–Kier alpha value is -0.980. The van der Waals surface area contributed by atoms with Crippen LogP contribution in [0.15, 0.2) is 30.3 Å². The van der Waals surface area contributed by atoms with E-state index in [1.165, 1.54) is 6.42 Å². The van der Waals surface area contributed by atoms with Crippen molar-refractivity contribution in [2.24, 2.45) is 0 Å². The Morgan fingerprint density at radius 3 is 1.70 bits per heavy atom. The molecule has 1 rings (SSSR count). The molecule has 0 aliphatic rings. The second kappa shape index (κ2) is 6.14. The van der Waals surface area contributed by atoms with Crippen LogP contribution in [0.25, 0.3) is 0 Å². The maximum absolute atomic E-state index is 8.63. The molecule has 1 heteroatoms. The van der Waals surface area contributed by atoms with Gasteiger partial charge in [-0.2, -0.15) is 0 Å². The number of hydrogen-bond acceptors (Lipinski definition) is 1. The van der Waals surface area contributed by atoms with Crippen LogP contribution in [0, 0.1) is 0 Å². The van der Waals surface area contributed by atoms with Crippen LogP contribution in [-0.2, 0) is 0 Å². The molecule has 1 N–H and O–H groups in total. The van der Waals surface area contributed by atoms with E-state index in [9.17, 15) is 0 Å². The number of benzene rings is 1. The molecule has 0 aliphatic heterocycles. The number of phenols is 1. The van der Waals surface area contributed by atoms with E-state index in [1.54, 1.807) is 24.3 Å². The Bertz CT molecular complexity index is 146. The number of aromatic hydroxyl groups is 1. The summed E-state index contributed by atoms with van der Waals surface area (Å²) >= 11 is 0. The van der Waals surface area contributed by atoms with Crippen molar-refractivity contribution in [1.82, 2.24) is 0 Å². The van der Waals surface area contributed by atoms with Crippen molar-refractivity contribution in [3.05, 3.63) is 30.3 Å². The summed E-state index contributed by atoms with van der Waals surface area (Å²) in [4.78, 5) is 0. The predicted octanol–water partition coefficient (Wildman–Crippen LogP) is 2.81. The van der Waals surface area contributed by atoms with Crippen LogP contribution < -0.4 is 0 Å². The lowest BCUT2D eigenvalue weighted by atomic mass is 10.3. The monoisotopic (exact) mass is 138 g/mol. The van der Waals surface area contributed by atoms with Crippen molar-refractivity contribution >= 4 is 0 Å². The van der Waals surface area contributed by atoms with Gasteiger partial charge in [-0.1, -0.05) is 38.5 Å². The van der Waals surface area contributed by atoms with Crippen molar-refractivity contribution in [2.75, 3.05) is 0 Å². The van der Waals surface area contributed by atoms with Gasteiger partial charge in [-0.3, -0.25) is 0 Å². The molecule has 0 aromatic heterocycles. The van der Waals surface area contributed by atoms with E-state index in [1.807, 2.05) is 6.07 Å². The average molecular weight is 138 g/mol. The van der Waals surface area contributed by atoms with Gasteiger partial charge in [0.15, 0.2) is 0 Å². The maximum atomic E-state index is 8.63. The van der Waals surface area contributed by atoms with Gasteiger partial charge in [0.1, 0.15) is 5.75 Å². The molecule has 0 heterocycles. The molecule has 0 fully saturated rings. The van der Waals surface area contributed by atoms with E-state index in [0.29, 0.717) is 5.75 Å². The van der Waals surface area contributed by atoms with Gasteiger partial charge in [0.05, 0.1) is 0 Å². The minimum absolute atomic E-state index is 0.322. The second-order valence-corrected chi connectivity index (χ2v) is 2.04. The second-order valence-electron chi connectivity index (χ2n) is 2.04. The minimum atomic E-state index is 0.322. The third-order valence-electron chi connectivity index (χ3n) is 0.756. The fourth-order valence-electron chi connectivity index (χ4n) is 0.428. The SMILES string of the molecule is CCC.Oc1ccccc1. The van der Waals surface area contributed by atoms with Gasteiger partial charge in [0.2, 0.25) is 0 Å². The zero-order valence-corrected chi connectivity index (χ0v) is 6.54. The summed E-state index contributed by atoms with van der Waals surface area (Å²) in [5.41, 5.74) is 0. The first-order valence-electron chi connectivity index (χ1n) is 3.55. The zero-order chi connectivity index (χ0) is 7.82. The lowest BCUT2D eigenvalue weighted by Gasteiger charge is -1.82. The van der Waals surface area contributed by atoms with E-state index in [-0.39, 0.29) is 0 Å². The summed E-state index contributed by atoms with van der Waals surface area (Å²) < 4.78 is 0. The highest BCUT2D eigenvalue weighted by Crippen LogP contribution is 2.02. The maximum Gasteiger partial charge on any atom is 0.115 e. The predicted molar refractivity (Wildman–Crippen MR) is 44.1 cm³/mol. The highest BCUT2D eigenvalue weighted by molar-refractivity contribution is 5.18. The minimum Gasteiger partial charge on any atom is -0.508 e. The molecule has 0 saturated carbocycles. The molecule has 0 aliphatic carbocycles. The van der Waals surface area contributed by atoms with Gasteiger partial charge in [-0.05, 0) is 12.1 Å². The molecular formula is C9H14O. The fraction of sp³-hybridized carbons (Fsp3) is 0.333. The molecule has 10 heavy (non-hydrogen) atoms. The molecule has 0 amide bonds. The molecule has 0 bridgehead atoms. The standard InChI is InChI=1S/C6H6O.C3H8/c7-6-4-2-1-3-5-6;1-3-2/h1-5,7H;3H2,1-2H3. The van der Waals surface area contributed by atoms with Crippen LogP contribution in [0.5, 0.6) is 5.75 Å². The molecule has 1 nitrogen and oxygen atoms in total. The van der Waals surface area contributed by atoms with Crippen LogP contribution in [0.4, 0.5) is 0 Å². The number of para-hydroxylation sites is 1. The van der Waals surface area contributed by atoms with Crippen molar-refractivity contribution in [2.45, 2.75) is 20.3 Å². The molecule has 0 unspecified atom stereocenters. The van der Waals surface area contributed by atoms with Crippen molar-refractivity contribution in [3.63, 3.8) is 0 Å². The summed E-state index contributed by atoms with van der Waals surface area (Å²) in [6.07, 6.45) is 1.25. The highest BCUT2D eigenvalue weighted by atomic mass is 16.3. The van der Waals surface area contributed by atoms with E-state index in [2.05, 4.69) is 13.8 Å². The van der Waals surface area contributed by atoms with Crippen LogP contribution in [-0.4, -0.2) is 5.11 Å². The van der Waals surface area contributed by atoms with Crippen LogP contribution in [0.3, 0.4) is 0 Å². The van der Waals surface area contributed by atoms with Gasteiger partial charge in [0, 0.05) is 0 Å². The quantitative estimate of drug-likeness (QED) is 0.584. The van der Waals surface area contributed by atoms with E-state index in [0.717, 1.165) is 0 Å². The summed E-state index contributed by atoms with van der Waals surface area (Å²) in [6.45, 7) is 4.25. The molecular weight excluding hydrogens is 124 g/mol. The van der Waals surface area contributed by atoms with Crippen molar-refractivity contribution in [1.29, 1.82) is 0 Å². The molecule has 56 valence electrons. The van der Waals surface area contributed by atoms with Gasteiger partial charge in [-0.15, -0.1) is 0 Å². The van der Waals surface area contributed by atoms with Crippen molar-refractivity contribution < 1.29 is 5.11 Å². The molecule has 0 saturated heterocycles. The molecule has 0 radical (unpaired) electrons. The van der Waals surface area contributed by atoms with E-state index < -0.39 is 0 Å². The Labute approximate surface area is 62.3 Å². The first-order chi connectivity index (χ1) is 4.81. The molecule has 1 aromatic rings. The lowest BCUT2D eigenvalue weighted by Crippen LogP contribution is -1.56. The Morgan fingerprint density at radius 2 is 1.50 bits per heavy atom. The van der Waals surface area contributed by atoms with Gasteiger partial charge < -0.3 is 5.11 Å². The number of rotatable bonds is 0. The Morgan fingerprint density at radius 1 is 1.10 bits per heavy atom. The first-order valence-corrected chi connectivity index (χ1v) is 3.55. The smallest absolute Gasteiger partial charge is 0.115 e. The summed E-state index contributed by atoms with van der Waals surface area (Å²) in [5, 5.41) is 8.63. The molecule has 0 spiro atoms. The van der Waals surface area contributed by atoms with Crippen molar-refractivity contribution in [3.8, 4) is 5.75 Å². The largest absolute Gasteiger partial charge is 0.508 e. The highest BCUT2D eigenvalue weighted by Gasteiger charge is 1.74.